The van der Waals surface area contributed by atoms with E-state index >= 15 is 0 Å². The van der Waals surface area contributed by atoms with Gasteiger partial charge in [0.25, 0.3) is 5.91 Å². The molecular formula is C22H20N4O3. The molecule has 7 heteroatoms. The zero-order valence-corrected chi connectivity index (χ0v) is 15.9. The highest BCUT2D eigenvalue weighted by Gasteiger charge is 2.16. The van der Waals surface area contributed by atoms with Crippen molar-refractivity contribution >= 4 is 16.7 Å². The molecule has 7 nitrogen and oxygen atoms in total. The first kappa shape index (κ1) is 18.6. The van der Waals surface area contributed by atoms with E-state index in [9.17, 15) is 4.79 Å². The first-order chi connectivity index (χ1) is 14.2. The Bertz CT molecular complexity index is 1110. The molecule has 29 heavy (non-hydrogen) atoms. The average molecular weight is 388 g/mol. The zero-order chi connectivity index (χ0) is 20.1. The summed E-state index contributed by atoms with van der Waals surface area (Å²) < 4.78 is 11.2. The number of ether oxygens (including phenoxy) is 1. The van der Waals surface area contributed by atoms with Gasteiger partial charge in [-0.05, 0) is 31.2 Å². The molecule has 0 aliphatic rings. The van der Waals surface area contributed by atoms with Crippen molar-refractivity contribution in [3.05, 3.63) is 84.6 Å². The molecule has 146 valence electrons. The Labute approximate surface area is 167 Å². The quantitative estimate of drug-likeness (QED) is 0.521. The SMILES string of the molecule is C[C@@H](Cc1ccccn1)NC(=O)c1coc(COc2cccc3cnccc23)n1. The molecule has 0 radical (unpaired) electrons. The maximum absolute atomic E-state index is 12.4. The van der Waals surface area contributed by atoms with E-state index in [1.54, 1.807) is 18.6 Å². The van der Waals surface area contributed by atoms with Gasteiger partial charge >= 0.3 is 0 Å². The van der Waals surface area contributed by atoms with E-state index in [0.717, 1.165) is 16.5 Å². The number of benzene rings is 1. The molecule has 0 saturated heterocycles. The highest BCUT2D eigenvalue weighted by atomic mass is 16.5. The minimum absolute atomic E-state index is 0.0851. The number of pyridine rings is 2. The van der Waals surface area contributed by atoms with Crippen molar-refractivity contribution in [2.45, 2.75) is 26.0 Å². The van der Waals surface area contributed by atoms with Gasteiger partial charge in [0.1, 0.15) is 12.0 Å². The molecule has 3 aromatic heterocycles. The third-order valence-corrected chi connectivity index (χ3v) is 4.40. The summed E-state index contributed by atoms with van der Waals surface area (Å²) in [5.41, 5.74) is 1.14. The molecule has 1 N–H and O–H groups in total. The number of rotatable bonds is 7. The van der Waals surface area contributed by atoms with Crippen LogP contribution in [-0.2, 0) is 13.0 Å². The molecule has 0 spiro atoms. The van der Waals surface area contributed by atoms with Crippen LogP contribution in [0.2, 0.25) is 0 Å². The van der Waals surface area contributed by atoms with Crippen molar-refractivity contribution in [2.24, 2.45) is 0 Å². The van der Waals surface area contributed by atoms with Crippen LogP contribution in [-0.4, -0.2) is 26.9 Å². The lowest BCUT2D eigenvalue weighted by Gasteiger charge is -2.12. The summed E-state index contributed by atoms with van der Waals surface area (Å²) in [5, 5.41) is 4.85. The molecule has 4 aromatic rings. The Kier molecular flexibility index (Phi) is 5.47. The monoisotopic (exact) mass is 388 g/mol. The molecule has 0 bridgehead atoms. The second-order valence-electron chi connectivity index (χ2n) is 6.67. The fourth-order valence-corrected chi connectivity index (χ4v) is 3.02. The van der Waals surface area contributed by atoms with Crippen LogP contribution in [0.25, 0.3) is 10.8 Å². The number of fused-ring (bicyclic) bond motifs is 1. The zero-order valence-electron chi connectivity index (χ0n) is 15.9. The molecule has 1 amide bonds. The van der Waals surface area contributed by atoms with E-state index in [-0.39, 0.29) is 24.2 Å². The number of nitrogens with one attached hydrogen (secondary N) is 1. The van der Waals surface area contributed by atoms with E-state index in [4.69, 9.17) is 9.15 Å². The summed E-state index contributed by atoms with van der Waals surface area (Å²) in [6.07, 6.45) is 7.21. The van der Waals surface area contributed by atoms with Crippen molar-refractivity contribution in [1.82, 2.24) is 20.3 Å². The number of hydrogen-bond donors (Lipinski definition) is 1. The van der Waals surface area contributed by atoms with Gasteiger partial charge in [-0.15, -0.1) is 0 Å². The van der Waals surface area contributed by atoms with Gasteiger partial charge in [0.2, 0.25) is 5.89 Å². The lowest BCUT2D eigenvalue weighted by Crippen LogP contribution is -2.34. The lowest BCUT2D eigenvalue weighted by molar-refractivity contribution is 0.0935. The predicted molar refractivity (Wildman–Crippen MR) is 107 cm³/mol. The smallest absolute Gasteiger partial charge is 0.273 e. The van der Waals surface area contributed by atoms with Crippen LogP contribution in [0.4, 0.5) is 0 Å². The standard InChI is InChI=1S/C22H20N4O3/c1-15(11-17-6-2-3-9-24-17)25-22(27)19-13-29-21(26-19)14-28-20-7-4-5-16-12-23-10-8-18(16)20/h2-10,12-13,15H,11,14H2,1H3,(H,25,27)/t15-/m0/s1. The minimum Gasteiger partial charge on any atom is -0.483 e. The van der Waals surface area contributed by atoms with Crippen molar-refractivity contribution in [3.8, 4) is 5.75 Å². The second-order valence-corrected chi connectivity index (χ2v) is 6.67. The summed E-state index contributed by atoms with van der Waals surface area (Å²) in [5.74, 6) is 0.747. The molecule has 1 aromatic carbocycles. The molecular weight excluding hydrogens is 368 g/mol. The van der Waals surface area contributed by atoms with E-state index in [1.807, 2.05) is 49.4 Å². The average Bonchev–Trinajstić information content (AvgIpc) is 3.22. The first-order valence-corrected chi connectivity index (χ1v) is 9.30. The van der Waals surface area contributed by atoms with Crippen molar-refractivity contribution in [1.29, 1.82) is 0 Å². The molecule has 0 aliphatic heterocycles. The van der Waals surface area contributed by atoms with Crippen molar-refractivity contribution in [3.63, 3.8) is 0 Å². The van der Waals surface area contributed by atoms with Gasteiger partial charge in [0, 0.05) is 47.5 Å². The van der Waals surface area contributed by atoms with E-state index in [0.29, 0.717) is 18.1 Å². The summed E-state index contributed by atoms with van der Waals surface area (Å²) >= 11 is 0. The number of aromatic nitrogens is 3. The van der Waals surface area contributed by atoms with Gasteiger partial charge < -0.3 is 14.5 Å². The molecule has 0 unspecified atom stereocenters. The summed E-state index contributed by atoms with van der Waals surface area (Å²) in [4.78, 5) is 25.0. The number of nitrogens with zero attached hydrogens (tertiary/aromatic N) is 3. The van der Waals surface area contributed by atoms with Crippen molar-refractivity contribution in [2.75, 3.05) is 0 Å². The topological polar surface area (TPSA) is 90.1 Å². The molecule has 0 aliphatic carbocycles. The van der Waals surface area contributed by atoms with Gasteiger partial charge in [0.15, 0.2) is 12.3 Å². The number of hydrogen-bond acceptors (Lipinski definition) is 6. The first-order valence-electron chi connectivity index (χ1n) is 9.30. The lowest BCUT2D eigenvalue weighted by atomic mass is 10.1. The maximum atomic E-state index is 12.4. The van der Waals surface area contributed by atoms with Crippen LogP contribution in [0, 0.1) is 0 Å². The summed E-state index contributed by atoms with van der Waals surface area (Å²) in [7, 11) is 0. The highest BCUT2D eigenvalue weighted by molar-refractivity contribution is 5.92. The largest absolute Gasteiger partial charge is 0.483 e. The Morgan fingerprint density at radius 2 is 2.10 bits per heavy atom. The van der Waals surface area contributed by atoms with Gasteiger partial charge in [-0.3, -0.25) is 14.8 Å². The third kappa shape index (κ3) is 4.57. The minimum atomic E-state index is -0.292. The predicted octanol–water partition coefficient (Wildman–Crippen LogP) is 3.56. The Balaban J connectivity index is 1.36. The van der Waals surface area contributed by atoms with Crippen LogP contribution in [0.3, 0.4) is 0 Å². The summed E-state index contributed by atoms with van der Waals surface area (Å²) in [6, 6.07) is 13.3. The highest BCUT2D eigenvalue weighted by Crippen LogP contribution is 2.25. The number of carbonyl (C=O) groups is 1. The van der Waals surface area contributed by atoms with Crippen molar-refractivity contribution < 1.29 is 13.9 Å². The maximum Gasteiger partial charge on any atom is 0.273 e. The molecule has 0 saturated carbocycles. The van der Waals surface area contributed by atoms with Gasteiger partial charge in [-0.1, -0.05) is 18.2 Å². The van der Waals surface area contributed by atoms with Gasteiger partial charge in [-0.25, -0.2) is 4.98 Å². The summed E-state index contributed by atoms with van der Waals surface area (Å²) in [6.45, 7) is 2.05. The van der Waals surface area contributed by atoms with Crippen LogP contribution >= 0.6 is 0 Å². The number of oxazole rings is 1. The van der Waals surface area contributed by atoms with E-state index in [2.05, 4.69) is 20.3 Å². The van der Waals surface area contributed by atoms with Crippen LogP contribution in [0.15, 0.2) is 71.7 Å². The number of carbonyl (C=O) groups excluding carboxylic acids is 1. The van der Waals surface area contributed by atoms with E-state index < -0.39 is 0 Å². The van der Waals surface area contributed by atoms with Crippen LogP contribution in [0.5, 0.6) is 5.75 Å². The molecule has 0 fully saturated rings. The fourth-order valence-electron chi connectivity index (χ4n) is 3.02. The molecule has 3 heterocycles. The third-order valence-electron chi connectivity index (χ3n) is 4.40. The fraction of sp³-hybridized carbons (Fsp3) is 0.182. The van der Waals surface area contributed by atoms with Gasteiger partial charge in [0.05, 0.1) is 0 Å². The second kappa shape index (κ2) is 8.52. The molecule has 4 rings (SSSR count). The Hall–Kier alpha value is -3.74. The Morgan fingerprint density at radius 3 is 2.97 bits per heavy atom. The normalized spacial score (nSPS) is 11.9. The van der Waals surface area contributed by atoms with E-state index in [1.165, 1.54) is 6.26 Å². The van der Waals surface area contributed by atoms with Crippen LogP contribution in [0.1, 0.15) is 29.0 Å². The van der Waals surface area contributed by atoms with Crippen LogP contribution < -0.4 is 10.1 Å². The Morgan fingerprint density at radius 1 is 1.17 bits per heavy atom. The molecule has 1 atom stereocenters. The number of amides is 1. The van der Waals surface area contributed by atoms with Gasteiger partial charge in [-0.2, -0.15) is 0 Å².